The van der Waals surface area contributed by atoms with E-state index in [-0.39, 0.29) is 0 Å². The summed E-state index contributed by atoms with van der Waals surface area (Å²) in [5.74, 6) is 0.809. The van der Waals surface area contributed by atoms with Gasteiger partial charge in [-0.2, -0.15) is 0 Å². The zero-order valence-electron chi connectivity index (χ0n) is 10.9. The van der Waals surface area contributed by atoms with Gasteiger partial charge in [0.1, 0.15) is 10.7 Å². The highest BCUT2D eigenvalue weighted by Crippen LogP contribution is 2.26. The Hall–Kier alpha value is -0.680. The molecule has 0 aromatic carbocycles. The van der Waals surface area contributed by atoms with E-state index in [1.807, 2.05) is 0 Å². The molecule has 5 heteroatoms. The number of hydrogen-bond donors (Lipinski definition) is 1. The first-order valence-corrected chi connectivity index (χ1v) is 7.27. The Morgan fingerprint density at radius 3 is 2.94 bits per heavy atom. The number of anilines is 1. The fraction of sp³-hybridized carbons (Fsp3) is 0.833. The van der Waals surface area contributed by atoms with Crippen molar-refractivity contribution in [1.29, 1.82) is 0 Å². The van der Waals surface area contributed by atoms with Crippen LogP contribution in [0.2, 0.25) is 0 Å². The topological polar surface area (TPSA) is 41.1 Å². The molecule has 1 aliphatic rings. The van der Waals surface area contributed by atoms with Crippen LogP contribution < -0.4 is 5.32 Å². The summed E-state index contributed by atoms with van der Waals surface area (Å²) in [6, 6.07) is 0.672. The van der Waals surface area contributed by atoms with E-state index >= 15 is 0 Å². The molecule has 0 amide bonds. The minimum Gasteiger partial charge on any atom is -0.374 e. The van der Waals surface area contributed by atoms with E-state index in [9.17, 15) is 0 Å². The molecular formula is C12H22N4S. The van der Waals surface area contributed by atoms with Crippen LogP contribution in [0.5, 0.6) is 0 Å². The first kappa shape index (κ1) is 12.8. The number of nitrogens with zero attached hydrogens (tertiary/aromatic N) is 3. The van der Waals surface area contributed by atoms with E-state index in [0.29, 0.717) is 6.04 Å². The molecule has 2 unspecified atom stereocenters. The van der Waals surface area contributed by atoms with Crippen LogP contribution in [0.1, 0.15) is 39.3 Å². The second kappa shape index (κ2) is 5.78. The molecule has 2 atom stereocenters. The molecule has 1 aromatic heterocycles. The summed E-state index contributed by atoms with van der Waals surface area (Å²) in [4.78, 5) is 2.51. The lowest BCUT2D eigenvalue weighted by Crippen LogP contribution is -2.27. The van der Waals surface area contributed by atoms with Crippen LogP contribution >= 0.6 is 11.5 Å². The highest BCUT2D eigenvalue weighted by atomic mass is 32.1. The molecule has 0 aliphatic carbocycles. The quantitative estimate of drug-likeness (QED) is 0.877. The normalized spacial score (nSPS) is 25.4. The van der Waals surface area contributed by atoms with Gasteiger partial charge in [0, 0.05) is 37.2 Å². The first-order chi connectivity index (χ1) is 8.20. The van der Waals surface area contributed by atoms with Crippen molar-refractivity contribution in [2.75, 3.05) is 18.4 Å². The molecule has 4 nitrogen and oxygen atoms in total. The average Bonchev–Trinajstić information content (AvgIpc) is 2.84. The molecule has 96 valence electrons. The Kier molecular flexibility index (Phi) is 4.34. The van der Waals surface area contributed by atoms with Crippen molar-refractivity contribution in [2.45, 2.75) is 46.2 Å². The van der Waals surface area contributed by atoms with Gasteiger partial charge in [-0.1, -0.05) is 18.3 Å². The molecule has 2 rings (SSSR count). The predicted octanol–water partition coefficient (Wildman–Crippen LogP) is 2.59. The summed E-state index contributed by atoms with van der Waals surface area (Å²) < 4.78 is 4.06. The summed E-state index contributed by atoms with van der Waals surface area (Å²) in [7, 11) is 0. The fourth-order valence-electron chi connectivity index (χ4n) is 2.48. The Balaban J connectivity index is 1.96. The van der Waals surface area contributed by atoms with E-state index in [1.165, 1.54) is 24.5 Å². The van der Waals surface area contributed by atoms with Crippen LogP contribution in [-0.2, 0) is 6.54 Å². The highest BCUT2D eigenvalue weighted by Gasteiger charge is 2.27. The van der Waals surface area contributed by atoms with E-state index in [4.69, 9.17) is 0 Å². The van der Waals surface area contributed by atoms with Crippen molar-refractivity contribution in [1.82, 2.24) is 14.5 Å². The molecule has 0 spiro atoms. The number of aromatic nitrogens is 2. The van der Waals surface area contributed by atoms with Gasteiger partial charge >= 0.3 is 0 Å². The lowest BCUT2D eigenvalue weighted by molar-refractivity contribution is 0.254. The Bertz CT molecular complexity index is 352. The van der Waals surface area contributed by atoms with Crippen LogP contribution in [-0.4, -0.2) is 33.6 Å². The molecule has 1 aromatic rings. The van der Waals surface area contributed by atoms with Crippen molar-refractivity contribution in [3.05, 3.63) is 5.69 Å². The molecule has 1 saturated heterocycles. The summed E-state index contributed by atoms with van der Waals surface area (Å²) in [5.41, 5.74) is 1.12. The Morgan fingerprint density at radius 2 is 2.29 bits per heavy atom. The molecule has 0 saturated carbocycles. The predicted molar refractivity (Wildman–Crippen MR) is 72.3 cm³/mol. The third-order valence-electron chi connectivity index (χ3n) is 3.36. The van der Waals surface area contributed by atoms with Crippen molar-refractivity contribution < 1.29 is 0 Å². The molecule has 17 heavy (non-hydrogen) atoms. The van der Waals surface area contributed by atoms with Crippen molar-refractivity contribution >= 4 is 16.5 Å². The maximum Gasteiger partial charge on any atom is 0.134 e. The second-order valence-corrected chi connectivity index (χ2v) is 5.85. The van der Waals surface area contributed by atoms with Crippen molar-refractivity contribution in [3.63, 3.8) is 0 Å². The standard InChI is InChI=1S/C12H22N4S/c1-4-5-13-12-11(14-15-17-12)8-16-7-9(2)6-10(16)3/h9-10,13H,4-8H2,1-3H3. The summed E-state index contributed by atoms with van der Waals surface area (Å²) in [5, 5.41) is 8.82. The maximum atomic E-state index is 4.26. The smallest absolute Gasteiger partial charge is 0.134 e. The van der Waals surface area contributed by atoms with E-state index in [1.54, 1.807) is 0 Å². The van der Waals surface area contributed by atoms with Gasteiger partial charge < -0.3 is 5.32 Å². The molecule has 0 bridgehead atoms. The van der Waals surface area contributed by atoms with Gasteiger partial charge in [-0.15, -0.1) is 5.10 Å². The SMILES string of the molecule is CCCNc1snnc1CN1CC(C)CC1C. The second-order valence-electron chi connectivity index (χ2n) is 5.09. The summed E-state index contributed by atoms with van der Waals surface area (Å²) in [6.07, 6.45) is 2.43. The van der Waals surface area contributed by atoms with E-state index in [2.05, 4.69) is 40.6 Å². The van der Waals surface area contributed by atoms with Gasteiger partial charge in [-0.05, 0) is 25.7 Å². The zero-order valence-corrected chi connectivity index (χ0v) is 11.8. The molecule has 2 heterocycles. The minimum absolute atomic E-state index is 0.672. The summed E-state index contributed by atoms with van der Waals surface area (Å²) >= 11 is 1.48. The third-order valence-corrected chi connectivity index (χ3v) is 4.08. The fourth-order valence-corrected chi connectivity index (χ4v) is 3.08. The average molecular weight is 254 g/mol. The minimum atomic E-state index is 0.672. The number of rotatable bonds is 5. The maximum absolute atomic E-state index is 4.26. The molecule has 1 N–H and O–H groups in total. The van der Waals surface area contributed by atoms with Gasteiger partial charge in [0.15, 0.2) is 0 Å². The van der Waals surface area contributed by atoms with Gasteiger partial charge in [0.05, 0.1) is 0 Å². The van der Waals surface area contributed by atoms with Crippen LogP contribution in [0.4, 0.5) is 5.00 Å². The molecular weight excluding hydrogens is 232 g/mol. The molecule has 0 radical (unpaired) electrons. The molecule has 1 fully saturated rings. The van der Waals surface area contributed by atoms with Crippen LogP contribution in [0, 0.1) is 5.92 Å². The van der Waals surface area contributed by atoms with Crippen LogP contribution in [0.3, 0.4) is 0 Å². The highest BCUT2D eigenvalue weighted by molar-refractivity contribution is 7.10. The summed E-state index contributed by atoms with van der Waals surface area (Å²) in [6.45, 7) is 9.93. The number of hydrogen-bond acceptors (Lipinski definition) is 5. The van der Waals surface area contributed by atoms with Gasteiger partial charge in [0.2, 0.25) is 0 Å². The third kappa shape index (κ3) is 3.16. The monoisotopic (exact) mass is 254 g/mol. The van der Waals surface area contributed by atoms with Gasteiger partial charge in [0.25, 0.3) is 0 Å². The van der Waals surface area contributed by atoms with E-state index in [0.717, 1.165) is 36.1 Å². The number of likely N-dealkylation sites (tertiary alicyclic amines) is 1. The lowest BCUT2D eigenvalue weighted by Gasteiger charge is -2.20. The van der Waals surface area contributed by atoms with Gasteiger partial charge in [-0.3, -0.25) is 4.90 Å². The van der Waals surface area contributed by atoms with Crippen molar-refractivity contribution in [3.8, 4) is 0 Å². The zero-order chi connectivity index (χ0) is 12.3. The van der Waals surface area contributed by atoms with E-state index < -0.39 is 0 Å². The van der Waals surface area contributed by atoms with Crippen LogP contribution in [0.25, 0.3) is 0 Å². The Morgan fingerprint density at radius 1 is 1.47 bits per heavy atom. The Labute approximate surface area is 108 Å². The number of nitrogens with one attached hydrogen (secondary N) is 1. The molecule has 1 aliphatic heterocycles. The van der Waals surface area contributed by atoms with Crippen molar-refractivity contribution in [2.24, 2.45) is 5.92 Å². The van der Waals surface area contributed by atoms with Gasteiger partial charge in [-0.25, -0.2) is 0 Å². The first-order valence-electron chi connectivity index (χ1n) is 6.49. The largest absolute Gasteiger partial charge is 0.374 e. The lowest BCUT2D eigenvalue weighted by atomic mass is 10.1. The van der Waals surface area contributed by atoms with Crippen LogP contribution in [0.15, 0.2) is 0 Å².